The Labute approximate surface area is 193 Å². The van der Waals surface area contributed by atoms with Crippen molar-refractivity contribution in [2.45, 2.75) is 58.0 Å². The average Bonchev–Trinajstić information content (AvgIpc) is 3.32. The lowest BCUT2D eigenvalue weighted by molar-refractivity contribution is 0.0711. The molecule has 0 saturated carbocycles. The maximum atomic E-state index is 10.6. The number of rotatable bonds is 8. The summed E-state index contributed by atoms with van der Waals surface area (Å²) in [6.45, 7) is 5.84. The van der Waals surface area contributed by atoms with Gasteiger partial charge in [0.25, 0.3) is 0 Å². The summed E-state index contributed by atoms with van der Waals surface area (Å²) in [4.78, 5) is 11.8. The Balaban J connectivity index is 0.00000280. The summed E-state index contributed by atoms with van der Waals surface area (Å²) in [5.74, 6) is 0.757. The first-order chi connectivity index (χ1) is 13.1. The second-order valence-electron chi connectivity index (χ2n) is 7.16. The molecule has 1 atom stereocenters. The van der Waals surface area contributed by atoms with Gasteiger partial charge in [0, 0.05) is 29.3 Å². The van der Waals surface area contributed by atoms with Crippen LogP contribution < -0.4 is 10.6 Å². The second kappa shape index (κ2) is 11.5. The van der Waals surface area contributed by atoms with E-state index in [0.717, 1.165) is 43.2 Å². The van der Waals surface area contributed by atoms with Crippen LogP contribution in [0.3, 0.4) is 0 Å². The van der Waals surface area contributed by atoms with Gasteiger partial charge >= 0.3 is 0 Å². The molecule has 0 aliphatic heterocycles. The van der Waals surface area contributed by atoms with Crippen LogP contribution in [0.2, 0.25) is 0 Å². The molecular weight excluding hydrogens is 503 g/mol. The number of thiazole rings is 1. The van der Waals surface area contributed by atoms with Crippen LogP contribution in [-0.2, 0) is 24.9 Å². The molecule has 3 rings (SSSR count). The minimum atomic E-state index is -0.934. The van der Waals surface area contributed by atoms with E-state index in [1.54, 1.807) is 11.3 Å². The van der Waals surface area contributed by atoms with Crippen LogP contribution in [0, 0.1) is 0 Å². The molecule has 0 radical (unpaired) electrons. The van der Waals surface area contributed by atoms with Crippen molar-refractivity contribution in [3.8, 4) is 0 Å². The van der Waals surface area contributed by atoms with Crippen molar-refractivity contribution >= 4 is 52.6 Å². The summed E-state index contributed by atoms with van der Waals surface area (Å²) in [6, 6.07) is 3.91. The Morgan fingerprint density at radius 2 is 2.14 bits per heavy atom. The third-order valence-corrected chi connectivity index (χ3v) is 7.03. The molecule has 8 heteroatoms. The maximum Gasteiger partial charge on any atom is 0.191 e. The predicted molar refractivity (Wildman–Crippen MR) is 130 cm³/mol. The minimum absolute atomic E-state index is 0. The van der Waals surface area contributed by atoms with Crippen LogP contribution in [0.15, 0.2) is 22.5 Å². The number of aliphatic imine (C=N–C) groups is 1. The Bertz CT molecular complexity index is 720. The van der Waals surface area contributed by atoms with Crippen molar-refractivity contribution in [2.24, 2.45) is 4.99 Å². The summed E-state index contributed by atoms with van der Waals surface area (Å²) < 4.78 is 0. The fraction of sp³-hybridized carbons (Fsp3) is 0.600. The Morgan fingerprint density at radius 3 is 2.86 bits per heavy atom. The largest absolute Gasteiger partial charge is 0.383 e. The molecule has 1 aliphatic rings. The molecule has 2 heterocycles. The molecule has 1 unspecified atom stereocenters. The highest BCUT2D eigenvalue weighted by molar-refractivity contribution is 14.0. The molecule has 0 saturated heterocycles. The number of hydrogen-bond acceptors (Lipinski definition) is 5. The van der Waals surface area contributed by atoms with Gasteiger partial charge in [-0.25, -0.2) is 9.98 Å². The minimum Gasteiger partial charge on any atom is -0.383 e. The molecule has 156 valence electrons. The van der Waals surface area contributed by atoms with Gasteiger partial charge in [-0.05, 0) is 57.4 Å². The van der Waals surface area contributed by atoms with E-state index in [9.17, 15) is 5.11 Å². The number of guanidine groups is 1. The highest BCUT2D eigenvalue weighted by Gasteiger charge is 2.24. The van der Waals surface area contributed by atoms with Gasteiger partial charge in [0.2, 0.25) is 0 Å². The highest BCUT2D eigenvalue weighted by Crippen LogP contribution is 2.27. The summed E-state index contributed by atoms with van der Waals surface area (Å²) in [7, 11) is 0. The van der Waals surface area contributed by atoms with Crippen molar-refractivity contribution in [1.82, 2.24) is 15.6 Å². The van der Waals surface area contributed by atoms with Gasteiger partial charge in [-0.3, -0.25) is 0 Å². The fourth-order valence-corrected chi connectivity index (χ4v) is 5.17. The number of thiophene rings is 1. The van der Waals surface area contributed by atoms with Crippen LogP contribution in [0.5, 0.6) is 0 Å². The smallest absolute Gasteiger partial charge is 0.191 e. The van der Waals surface area contributed by atoms with E-state index >= 15 is 0 Å². The molecule has 3 N–H and O–H groups in total. The van der Waals surface area contributed by atoms with Crippen LogP contribution in [0.1, 0.15) is 53.6 Å². The number of halogens is 1. The molecule has 0 aromatic carbocycles. The summed E-state index contributed by atoms with van der Waals surface area (Å²) >= 11 is 3.46. The molecule has 2 aromatic heterocycles. The molecule has 28 heavy (non-hydrogen) atoms. The average molecular weight is 535 g/mol. The van der Waals surface area contributed by atoms with Gasteiger partial charge in [0.05, 0.1) is 17.2 Å². The molecule has 0 spiro atoms. The van der Waals surface area contributed by atoms with E-state index in [1.165, 1.54) is 34.8 Å². The van der Waals surface area contributed by atoms with Gasteiger partial charge in [-0.15, -0.1) is 46.7 Å². The number of fused-ring (bicyclic) bond motifs is 1. The summed E-state index contributed by atoms with van der Waals surface area (Å²) in [5, 5.41) is 20.5. The van der Waals surface area contributed by atoms with Crippen LogP contribution >= 0.6 is 46.7 Å². The zero-order valence-corrected chi connectivity index (χ0v) is 20.6. The first-order valence-corrected chi connectivity index (χ1v) is 11.5. The van der Waals surface area contributed by atoms with Gasteiger partial charge in [0.15, 0.2) is 5.96 Å². The number of aliphatic hydroxyl groups is 1. The third kappa shape index (κ3) is 6.67. The lowest BCUT2D eigenvalue weighted by Gasteiger charge is -2.20. The standard InChI is InChI=1S/C20H30N4OS2.HI/c1-3-21-19(23-14-20(2,25)17-10-7-13-26-17)22-12-6-11-18-24-15-8-4-5-9-16(15)27-18;/h7,10,13,25H,3-6,8-9,11-12,14H2,1-2H3,(H2,21,22,23);1H. The SMILES string of the molecule is CCNC(=NCC(C)(O)c1cccs1)NCCCc1nc2c(s1)CCCC2.I. The molecule has 1 aliphatic carbocycles. The first-order valence-electron chi connectivity index (χ1n) is 9.84. The number of aryl methyl sites for hydroxylation is 3. The van der Waals surface area contributed by atoms with Crippen LogP contribution in [-0.4, -0.2) is 35.7 Å². The lowest BCUT2D eigenvalue weighted by Crippen LogP contribution is -2.39. The maximum absolute atomic E-state index is 10.6. The van der Waals surface area contributed by atoms with E-state index in [2.05, 4.69) is 22.5 Å². The quantitative estimate of drug-likeness (QED) is 0.207. The predicted octanol–water partition coefficient (Wildman–Crippen LogP) is 4.10. The van der Waals surface area contributed by atoms with Gasteiger partial charge in [-0.2, -0.15) is 0 Å². The van der Waals surface area contributed by atoms with E-state index in [1.807, 2.05) is 35.8 Å². The molecule has 5 nitrogen and oxygen atoms in total. The number of aromatic nitrogens is 1. The molecule has 0 amide bonds. The van der Waals surface area contributed by atoms with Gasteiger partial charge in [-0.1, -0.05) is 6.07 Å². The van der Waals surface area contributed by atoms with Crippen molar-refractivity contribution in [1.29, 1.82) is 0 Å². The van der Waals surface area contributed by atoms with Crippen LogP contribution in [0.4, 0.5) is 0 Å². The summed E-state index contributed by atoms with van der Waals surface area (Å²) in [6.07, 6.45) is 7.01. The van der Waals surface area contributed by atoms with Crippen molar-refractivity contribution in [3.05, 3.63) is 38.0 Å². The van der Waals surface area contributed by atoms with Crippen LogP contribution in [0.25, 0.3) is 0 Å². The molecule has 0 fully saturated rings. The number of hydrogen-bond donors (Lipinski definition) is 3. The van der Waals surface area contributed by atoms with Crippen molar-refractivity contribution < 1.29 is 5.11 Å². The zero-order valence-electron chi connectivity index (χ0n) is 16.7. The molecule has 0 bridgehead atoms. The Kier molecular flexibility index (Phi) is 9.65. The zero-order chi connectivity index (χ0) is 19.1. The van der Waals surface area contributed by atoms with E-state index in [4.69, 9.17) is 4.98 Å². The topological polar surface area (TPSA) is 69.5 Å². The van der Waals surface area contributed by atoms with E-state index in [0.29, 0.717) is 6.54 Å². The van der Waals surface area contributed by atoms with Gasteiger partial charge in [0.1, 0.15) is 5.60 Å². The summed E-state index contributed by atoms with van der Waals surface area (Å²) in [5.41, 5.74) is 0.413. The Hall–Kier alpha value is -0.710. The normalized spacial score (nSPS) is 16.0. The molecular formula is C20H31IN4OS2. The van der Waals surface area contributed by atoms with E-state index < -0.39 is 5.60 Å². The highest BCUT2D eigenvalue weighted by atomic mass is 127. The van der Waals surface area contributed by atoms with Crippen molar-refractivity contribution in [2.75, 3.05) is 19.6 Å². The fourth-order valence-electron chi connectivity index (χ4n) is 3.20. The number of nitrogens with zero attached hydrogens (tertiary/aromatic N) is 2. The van der Waals surface area contributed by atoms with Gasteiger partial charge < -0.3 is 15.7 Å². The van der Waals surface area contributed by atoms with E-state index in [-0.39, 0.29) is 24.0 Å². The molecule has 2 aromatic rings. The Morgan fingerprint density at radius 1 is 1.32 bits per heavy atom. The number of nitrogens with one attached hydrogen (secondary N) is 2. The lowest BCUT2D eigenvalue weighted by atomic mass is 10.0. The first kappa shape index (κ1) is 23.6. The second-order valence-corrected chi connectivity index (χ2v) is 9.28. The monoisotopic (exact) mass is 534 g/mol. The van der Waals surface area contributed by atoms with Crippen molar-refractivity contribution in [3.63, 3.8) is 0 Å². The third-order valence-electron chi connectivity index (χ3n) is 4.69.